The molecule has 2 N–H and O–H groups in total. The van der Waals surface area contributed by atoms with E-state index in [2.05, 4.69) is 5.32 Å². The Labute approximate surface area is 149 Å². The first kappa shape index (κ1) is 16.9. The number of rotatable bonds is 4. The summed E-state index contributed by atoms with van der Waals surface area (Å²) in [6.45, 7) is 3.68. The zero-order chi connectivity index (χ0) is 18.0. The third-order valence-electron chi connectivity index (χ3n) is 3.93. The first-order valence-corrected chi connectivity index (χ1v) is 8.59. The number of thiophene rings is 1. The topological polar surface area (TPSA) is 66.4 Å². The van der Waals surface area contributed by atoms with Crippen LogP contribution in [-0.2, 0) is 0 Å². The summed E-state index contributed by atoms with van der Waals surface area (Å²) in [6, 6.07) is 16.7. The highest BCUT2D eigenvalue weighted by Crippen LogP contribution is 2.40. The highest BCUT2D eigenvalue weighted by Gasteiger charge is 2.22. The maximum absolute atomic E-state index is 12.6. The minimum Gasteiger partial charge on any atom is -0.477 e. The number of aromatic carboxylic acids is 1. The maximum Gasteiger partial charge on any atom is 0.346 e. The second-order valence-corrected chi connectivity index (χ2v) is 6.77. The molecule has 0 spiro atoms. The zero-order valence-corrected chi connectivity index (χ0v) is 14.7. The number of carboxylic acids is 1. The summed E-state index contributed by atoms with van der Waals surface area (Å²) in [6.07, 6.45) is 0. The van der Waals surface area contributed by atoms with Gasteiger partial charge in [0, 0.05) is 5.56 Å². The van der Waals surface area contributed by atoms with Crippen LogP contribution in [0.4, 0.5) is 5.69 Å². The Morgan fingerprint density at radius 3 is 2.20 bits per heavy atom. The van der Waals surface area contributed by atoms with Crippen LogP contribution in [0, 0.1) is 13.8 Å². The molecule has 0 bridgehead atoms. The predicted octanol–water partition coefficient (Wildman–Crippen LogP) is 4.98. The Bertz CT molecular complexity index is 928. The van der Waals surface area contributed by atoms with E-state index in [-0.39, 0.29) is 10.8 Å². The Morgan fingerprint density at radius 1 is 0.960 bits per heavy atom. The molecule has 3 rings (SSSR count). The number of carbonyl (C=O) groups excluding carboxylic acids is 1. The van der Waals surface area contributed by atoms with Crippen molar-refractivity contribution in [2.75, 3.05) is 5.32 Å². The summed E-state index contributed by atoms with van der Waals surface area (Å²) >= 11 is 1.17. The van der Waals surface area contributed by atoms with Crippen molar-refractivity contribution in [3.63, 3.8) is 0 Å². The van der Waals surface area contributed by atoms with E-state index in [0.717, 1.165) is 16.0 Å². The van der Waals surface area contributed by atoms with Crippen molar-refractivity contribution < 1.29 is 14.7 Å². The largest absolute Gasteiger partial charge is 0.477 e. The van der Waals surface area contributed by atoms with E-state index >= 15 is 0 Å². The van der Waals surface area contributed by atoms with Crippen LogP contribution in [0.25, 0.3) is 10.4 Å². The van der Waals surface area contributed by atoms with E-state index in [1.165, 1.54) is 11.3 Å². The second kappa shape index (κ2) is 6.91. The summed E-state index contributed by atoms with van der Waals surface area (Å²) < 4.78 is 0. The van der Waals surface area contributed by atoms with Crippen LogP contribution in [-0.4, -0.2) is 17.0 Å². The number of nitrogens with one attached hydrogen (secondary N) is 1. The molecule has 0 aliphatic heterocycles. The molecular formula is C20H17NO3S. The lowest BCUT2D eigenvalue weighted by molar-refractivity contribution is 0.0701. The van der Waals surface area contributed by atoms with Crippen molar-refractivity contribution in [3.05, 3.63) is 76.2 Å². The minimum absolute atomic E-state index is 0.234. The van der Waals surface area contributed by atoms with E-state index < -0.39 is 5.97 Å². The van der Waals surface area contributed by atoms with Gasteiger partial charge in [-0.3, -0.25) is 4.79 Å². The van der Waals surface area contributed by atoms with Gasteiger partial charge >= 0.3 is 5.97 Å². The molecule has 2 aromatic carbocycles. The average Bonchev–Trinajstić information content (AvgIpc) is 2.93. The fourth-order valence-corrected chi connectivity index (χ4v) is 3.66. The third kappa shape index (κ3) is 3.46. The summed E-state index contributed by atoms with van der Waals surface area (Å²) in [7, 11) is 0. The van der Waals surface area contributed by atoms with E-state index in [4.69, 9.17) is 0 Å². The Morgan fingerprint density at radius 2 is 1.60 bits per heavy atom. The van der Waals surface area contributed by atoms with Gasteiger partial charge in [0.2, 0.25) is 0 Å². The highest BCUT2D eigenvalue weighted by molar-refractivity contribution is 7.18. The Balaban J connectivity index is 2.03. The molecule has 0 aliphatic carbocycles. The van der Waals surface area contributed by atoms with Crippen molar-refractivity contribution in [1.29, 1.82) is 0 Å². The van der Waals surface area contributed by atoms with Gasteiger partial charge in [-0.1, -0.05) is 48.0 Å². The molecule has 3 aromatic rings. The lowest BCUT2D eigenvalue weighted by Crippen LogP contribution is -2.13. The van der Waals surface area contributed by atoms with Crippen molar-refractivity contribution in [2.45, 2.75) is 13.8 Å². The number of hydrogen-bond donors (Lipinski definition) is 2. The number of aryl methyl sites for hydroxylation is 1. The number of anilines is 1. The second-order valence-electron chi connectivity index (χ2n) is 5.75. The molecule has 0 aliphatic rings. The maximum atomic E-state index is 12.6. The van der Waals surface area contributed by atoms with Crippen LogP contribution in [0.5, 0.6) is 0 Å². The summed E-state index contributed by atoms with van der Waals surface area (Å²) in [5.41, 5.74) is 3.60. The fourth-order valence-electron chi connectivity index (χ4n) is 2.55. The number of benzene rings is 2. The minimum atomic E-state index is -0.990. The SMILES string of the molecule is Cc1ccc(C(=O)Nc2c(-c3ccccc3)sc(C(=O)O)c2C)cc1. The molecule has 0 fully saturated rings. The van der Waals surface area contributed by atoms with Gasteiger partial charge < -0.3 is 10.4 Å². The number of carboxylic acid groups (broad SMARTS) is 1. The molecule has 0 saturated heterocycles. The van der Waals surface area contributed by atoms with Crippen molar-refractivity contribution in [3.8, 4) is 10.4 Å². The summed E-state index contributed by atoms with van der Waals surface area (Å²) in [4.78, 5) is 25.1. The lowest BCUT2D eigenvalue weighted by Gasteiger charge is -2.09. The van der Waals surface area contributed by atoms with Gasteiger partial charge in [-0.2, -0.15) is 0 Å². The van der Waals surface area contributed by atoms with Gasteiger partial charge in [0.05, 0.1) is 10.6 Å². The van der Waals surface area contributed by atoms with Gasteiger partial charge in [-0.25, -0.2) is 4.79 Å². The predicted molar refractivity (Wildman–Crippen MR) is 101 cm³/mol. The first-order valence-electron chi connectivity index (χ1n) is 7.77. The van der Waals surface area contributed by atoms with Gasteiger partial charge in [-0.05, 0) is 37.1 Å². The first-order chi connectivity index (χ1) is 12.0. The molecule has 25 heavy (non-hydrogen) atoms. The average molecular weight is 351 g/mol. The highest BCUT2D eigenvalue weighted by atomic mass is 32.1. The molecule has 4 nitrogen and oxygen atoms in total. The van der Waals surface area contributed by atoms with E-state index in [0.29, 0.717) is 16.8 Å². The van der Waals surface area contributed by atoms with E-state index in [1.54, 1.807) is 19.1 Å². The lowest BCUT2D eigenvalue weighted by atomic mass is 10.1. The van der Waals surface area contributed by atoms with Crippen molar-refractivity contribution in [1.82, 2.24) is 0 Å². The monoisotopic (exact) mass is 351 g/mol. The van der Waals surface area contributed by atoms with Crippen LogP contribution < -0.4 is 5.32 Å². The standard InChI is InChI=1S/C20H17NO3S/c1-12-8-10-15(11-9-12)19(22)21-16-13(2)17(20(23)24)25-18(16)14-6-4-3-5-7-14/h3-11H,1-2H3,(H,21,22)(H,23,24). The number of hydrogen-bond acceptors (Lipinski definition) is 3. The van der Waals surface area contributed by atoms with Crippen LogP contribution in [0.1, 0.15) is 31.2 Å². The fraction of sp³-hybridized carbons (Fsp3) is 0.100. The van der Waals surface area contributed by atoms with Crippen LogP contribution in [0.3, 0.4) is 0 Å². The van der Waals surface area contributed by atoms with Crippen LogP contribution in [0.2, 0.25) is 0 Å². The van der Waals surface area contributed by atoms with Crippen LogP contribution in [0.15, 0.2) is 54.6 Å². The molecule has 0 saturated carbocycles. The third-order valence-corrected chi connectivity index (χ3v) is 5.26. The molecule has 1 amide bonds. The molecule has 1 aromatic heterocycles. The Kier molecular flexibility index (Phi) is 4.67. The Hall–Kier alpha value is -2.92. The van der Waals surface area contributed by atoms with Gasteiger partial charge in [0.15, 0.2) is 0 Å². The quantitative estimate of drug-likeness (QED) is 0.696. The van der Waals surface area contributed by atoms with Crippen molar-refractivity contribution in [2.24, 2.45) is 0 Å². The molecule has 0 radical (unpaired) electrons. The van der Waals surface area contributed by atoms with E-state index in [9.17, 15) is 14.7 Å². The van der Waals surface area contributed by atoms with Gasteiger partial charge in [-0.15, -0.1) is 11.3 Å². The van der Waals surface area contributed by atoms with Gasteiger partial charge in [0.25, 0.3) is 5.91 Å². The van der Waals surface area contributed by atoms with Gasteiger partial charge in [0.1, 0.15) is 4.88 Å². The smallest absolute Gasteiger partial charge is 0.346 e. The molecule has 126 valence electrons. The summed E-state index contributed by atoms with van der Waals surface area (Å²) in [5.74, 6) is -1.24. The molecule has 1 heterocycles. The van der Waals surface area contributed by atoms with E-state index in [1.807, 2.05) is 49.4 Å². The molecule has 5 heteroatoms. The molecular weight excluding hydrogens is 334 g/mol. The van der Waals surface area contributed by atoms with Crippen molar-refractivity contribution >= 4 is 28.9 Å². The zero-order valence-electron chi connectivity index (χ0n) is 13.9. The number of amides is 1. The summed E-state index contributed by atoms with van der Waals surface area (Å²) in [5, 5.41) is 12.3. The number of carbonyl (C=O) groups is 2. The molecule has 0 atom stereocenters. The van der Waals surface area contributed by atoms with Crippen LogP contribution >= 0.6 is 11.3 Å². The normalized spacial score (nSPS) is 10.5. The molecule has 0 unspecified atom stereocenters.